The van der Waals surface area contributed by atoms with Crippen LogP contribution in [0, 0.1) is 0 Å². The van der Waals surface area contributed by atoms with Gasteiger partial charge in [0, 0.05) is 31.1 Å². The molecule has 1 fully saturated rings. The van der Waals surface area contributed by atoms with E-state index in [2.05, 4.69) is 5.32 Å². The zero-order valence-corrected chi connectivity index (χ0v) is 14.0. The Kier molecular flexibility index (Phi) is 6.44. The Morgan fingerprint density at radius 2 is 1.96 bits per heavy atom. The van der Waals surface area contributed by atoms with E-state index in [1.165, 1.54) is 0 Å². The zero-order valence-electron chi connectivity index (χ0n) is 14.0. The molecule has 2 rings (SSSR count). The zero-order chi connectivity index (χ0) is 16.7. The minimum atomic E-state index is 0.00725. The number of likely N-dealkylation sites (tertiary alicyclic amines) is 1. The number of piperidine rings is 1. The molecular weight excluding hydrogens is 292 g/mol. The van der Waals surface area contributed by atoms with E-state index in [4.69, 9.17) is 4.74 Å². The molecule has 1 aromatic carbocycles. The van der Waals surface area contributed by atoms with Crippen molar-refractivity contribution in [1.29, 1.82) is 0 Å². The van der Waals surface area contributed by atoms with Crippen LogP contribution in [0.25, 0.3) is 0 Å². The van der Waals surface area contributed by atoms with E-state index in [-0.39, 0.29) is 17.9 Å². The van der Waals surface area contributed by atoms with E-state index < -0.39 is 0 Å². The van der Waals surface area contributed by atoms with Crippen molar-refractivity contribution in [2.24, 2.45) is 0 Å². The number of hydrogen-bond donors (Lipinski definition) is 1. The highest BCUT2D eigenvalue weighted by atomic mass is 16.5. The average molecular weight is 318 g/mol. The van der Waals surface area contributed by atoms with Crippen LogP contribution in [-0.4, -0.2) is 43.0 Å². The Labute approximate surface area is 138 Å². The summed E-state index contributed by atoms with van der Waals surface area (Å²) in [5.41, 5.74) is 0.892. The van der Waals surface area contributed by atoms with Crippen LogP contribution in [0.3, 0.4) is 0 Å². The van der Waals surface area contributed by atoms with Crippen LogP contribution in [0.2, 0.25) is 0 Å². The number of rotatable bonds is 6. The molecule has 1 aliphatic heterocycles. The monoisotopic (exact) mass is 318 g/mol. The Balaban J connectivity index is 1.80. The molecule has 1 N–H and O–H groups in total. The van der Waals surface area contributed by atoms with Gasteiger partial charge in [0.2, 0.25) is 11.8 Å². The van der Waals surface area contributed by atoms with Crippen molar-refractivity contribution in [2.75, 3.05) is 20.2 Å². The van der Waals surface area contributed by atoms with Crippen molar-refractivity contribution in [2.45, 2.75) is 45.1 Å². The van der Waals surface area contributed by atoms with Crippen molar-refractivity contribution >= 4 is 11.8 Å². The second-order valence-electron chi connectivity index (χ2n) is 5.96. The quantitative estimate of drug-likeness (QED) is 0.874. The number of para-hydroxylation sites is 1. The fourth-order valence-corrected chi connectivity index (χ4v) is 2.95. The predicted molar refractivity (Wildman–Crippen MR) is 89.4 cm³/mol. The van der Waals surface area contributed by atoms with Gasteiger partial charge in [-0.1, -0.05) is 25.1 Å². The van der Waals surface area contributed by atoms with Gasteiger partial charge in [-0.15, -0.1) is 0 Å². The first kappa shape index (κ1) is 17.3. The highest BCUT2D eigenvalue weighted by Gasteiger charge is 2.23. The standard InChI is InChI=1S/C18H26N2O3/c1-3-6-18(22)20-11-9-15(10-12-20)19-17(21)13-14-7-4-5-8-16(14)23-2/h4-5,7-8,15H,3,6,9-13H2,1-2H3,(H,19,21). The van der Waals surface area contributed by atoms with Crippen LogP contribution in [0.5, 0.6) is 5.75 Å². The van der Waals surface area contributed by atoms with Crippen LogP contribution in [-0.2, 0) is 16.0 Å². The average Bonchev–Trinajstić information content (AvgIpc) is 2.56. The normalized spacial score (nSPS) is 15.3. The number of benzene rings is 1. The first-order valence-electron chi connectivity index (χ1n) is 8.33. The van der Waals surface area contributed by atoms with Crippen molar-refractivity contribution in [3.05, 3.63) is 29.8 Å². The molecule has 0 unspecified atom stereocenters. The number of carbonyl (C=O) groups excluding carboxylic acids is 2. The number of nitrogens with one attached hydrogen (secondary N) is 1. The lowest BCUT2D eigenvalue weighted by atomic mass is 10.0. The molecule has 5 heteroatoms. The van der Waals surface area contributed by atoms with Gasteiger partial charge in [0.15, 0.2) is 0 Å². The van der Waals surface area contributed by atoms with Gasteiger partial charge in [-0.2, -0.15) is 0 Å². The molecule has 0 bridgehead atoms. The molecular formula is C18H26N2O3. The smallest absolute Gasteiger partial charge is 0.224 e. The van der Waals surface area contributed by atoms with Crippen molar-refractivity contribution < 1.29 is 14.3 Å². The van der Waals surface area contributed by atoms with Gasteiger partial charge in [0.05, 0.1) is 13.5 Å². The molecule has 1 aliphatic rings. The third-order valence-corrected chi connectivity index (χ3v) is 4.22. The summed E-state index contributed by atoms with van der Waals surface area (Å²) in [6, 6.07) is 7.72. The summed E-state index contributed by atoms with van der Waals surface area (Å²) in [5, 5.41) is 3.08. The molecule has 0 aliphatic carbocycles. The van der Waals surface area contributed by atoms with Crippen LogP contribution < -0.4 is 10.1 Å². The van der Waals surface area contributed by atoms with E-state index >= 15 is 0 Å². The number of amides is 2. The van der Waals surface area contributed by atoms with Gasteiger partial charge < -0.3 is 15.0 Å². The Morgan fingerprint density at radius 1 is 1.26 bits per heavy atom. The molecule has 1 heterocycles. The maximum atomic E-state index is 12.2. The first-order valence-corrected chi connectivity index (χ1v) is 8.33. The molecule has 1 aromatic rings. The van der Waals surface area contributed by atoms with Gasteiger partial charge in [-0.05, 0) is 25.3 Å². The van der Waals surface area contributed by atoms with Crippen molar-refractivity contribution in [1.82, 2.24) is 10.2 Å². The minimum absolute atomic E-state index is 0.00725. The minimum Gasteiger partial charge on any atom is -0.496 e. The lowest BCUT2D eigenvalue weighted by Gasteiger charge is -2.32. The van der Waals surface area contributed by atoms with Crippen molar-refractivity contribution in [3.63, 3.8) is 0 Å². The third kappa shape index (κ3) is 4.98. The second-order valence-corrected chi connectivity index (χ2v) is 5.96. The maximum absolute atomic E-state index is 12.2. The molecule has 0 aromatic heterocycles. The van der Waals surface area contributed by atoms with Crippen LogP contribution >= 0.6 is 0 Å². The molecule has 0 radical (unpaired) electrons. The van der Waals surface area contributed by atoms with E-state index in [1.807, 2.05) is 36.1 Å². The summed E-state index contributed by atoms with van der Waals surface area (Å²) >= 11 is 0. The first-order chi connectivity index (χ1) is 11.1. The Hall–Kier alpha value is -2.04. The van der Waals surface area contributed by atoms with Crippen LogP contribution in [0.1, 0.15) is 38.2 Å². The third-order valence-electron chi connectivity index (χ3n) is 4.22. The molecule has 0 saturated carbocycles. The van der Waals surface area contributed by atoms with E-state index in [1.54, 1.807) is 7.11 Å². The molecule has 1 saturated heterocycles. The van der Waals surface area contributed by atoms with E-state index in [0.29, 0.717) is 12.8 Å². The summed E-state index contributed by atoms with van der Waals surface area (Å²) in [5.74, 6) is 0.974. The van der Waals surface area contributed by atoms with Crippen LogP contribution in [0.15, 0.2) is 24.3 Å². The number of nitrogens with zero attached hydrogens (tertiary/aromatic N) is 1. The largest absolute Gasteiger partial charge is 0.496 e. The summed E-state index contributed by atoms with van der Waals surface area (Å²) in [6.45, 7) is 3.49. The lowest BCUT2D eigenvalue weighted by Crippen LogP contribution is -2.46. The molecule has 2 amide bonds. The van der Waals surface area contributed by atoms with Gasteiger partial charge in [0.25, 0.3) is 0 Å². The molecule has 126 valence electrons. The highest BCUT2D eigenvalue weighted by molar-refractivity contribution is 5.80. The number of hydrogen-bond acceptors (Lipinski definition) is 3. The second kappa shape index (κ2) is 8.56. The van der Waals surface area contributed by atoms with Gasteiger partial charge >= 0.3 is 0 Å². The van der Waals surface area contributed by atoms with Gasteiger partial charge in [-0.25, -0.2) is 0 Å². The lowest BCUT2D eigenvalue weighted by molar-refractivity contribution is -0.132. The van der Waals surface area contributed by atoms with Crippen LogP contribution in [0.4, 0.5) is 0 Å². The van der Waals surface area contributed by atoms with Gasteiger partial charge in [0.1, 0.15) is 5.75 Å². The predicted octanol–water partition coefficient (Wildman–Crippen LogP) is 2.14. The highest BCUT2D eigenvalue weighted by Crippen LogP contribution is 2.18. The SMILES string of the molecule is CCCC(=O)N1CCC(NC(=O)Cc2ccccc2OC)CC1. The molecule has 0 atom stereocenters. The number of ether oxygens (including phenoxy) is 1. The van der Waals surface area contributed by atoms with E-state index in [0.717, 1.165) is 43.7 Å². The maximum Gasteiger partial charge on any atom is 0.224 e. The Morgan fingerprint density at radius 3 is 2.61 bits per heavy atom. The summed E-state index contributed by atoms with van der Waals surface area (Å²) in [6.07, 6.45) is 3.47. The fourth-order valence-electron chi connectivity index (χ4n) is 2.95. The van der Waals surface area contributed by atoms with Gasteiger partial charge in [-0.3, -0.25) is 9.59 Å². The fraction of sp³-hybridized carbons (Fsp3) is 0.556. The number of carbonyl (C=O) groups is 2. The molecule has 5 nitrogen and oxygen atoms in total. The summed E-state index contributed by atoms with van der Waals surface area (Å²) in [4.78, 5) is 26.0. The topological polar surface area (TPSA) is 58.6 Å². The van der Waals surface area contributed by atoms with Crippen molar-refractivity contribution in [3.8, 4) is 5.75 Å². The summed E-state index contributed by atoms with van der Waals surface area (Å²) in [7, 11) is 1.61. The Bertz CT molecular complexity index is 537. The molecule has 23 heavy (non-hydrogen) atoms. The van der Waals surface area contributed by atoms with E-state index in [9.17, 15) is 9.59 Å². The summed E-state index contributed by atoms with van der Waals surface area (Å²) < 4.78 is 5.28. The molecule has 0 spiro atoms. The number of methoxy groups -OCH3 is 1.